The molecule has 1 amide bonds. The zero-order chi connectivity index (χ0) is 21.9. The molecule has 158 valence electrons. The van der Waals surface area contributed by atoms with E-state index in [2.05, 4.69) is 30.2 Å². The summed E-state index contributed by atoms with van der Waals surface area (Å²) in [5.41, 5.74) is 4.20. The van der Waals surface area contributed by atoms with E-state index in [-0.39, 0.29) is 23.3 Å². The third-order valence-electron chi connectivity index (χ3n) is 5.10. The first-order chi connectivity index (χ1) is 14.1. The number of nitrogens with zero attached hydrogens (tertiary/aromatic N) is 1. The molecule has 0 spiro atoms. The van der Waals surface area contributed by atoms with Crippen molar-refractivity contribution in [3.8, 4) is 11.3 Å². The van der Waals surface area contributed by atoms with E-state index in [1.54, 1.807) is 30.5 Å². The molecule has 30 heavy (non-hydrogen) atoms. The molecular weight excluding hydrogens is 400 g/mol. The van der Waals surface area contributed by atoms with Crippen LogP contribution in [0.15, 0.2) is 58.0 Å². The molecule has 3 rings (SSSR count). The van der Waals surface area contributed by atoms with Crippen molar-refractivity contribution in [3.63, 3.8) is 0 Å². The first kappa shape index (κ1) is 21.8. The Morgan fingerprint density at radius 2 is 1.80 bits per heavy atom. The fraction of sp³-hybridized carbons (Fsp3) is 0.304. The van der Waals surface area contributed by atoms with Crippen LogP contribution in [-0.2, 0) is 21.1 Å². The molecule has 0 fully saturated rings. The minimum atomic E-state index is -3.24. The Labute approximate surface area is 177 Å². The lowest BCUT2D eigenvalue weighted by Crippen LogP contribution is -2.26. The number of aryl methyl sites for hydroxylation is 3. The molecule has 0 unspecified atom stereocenters. The number of carbonyl (C=O) groups excluding carboxylic acids is 1. The third-order valence-corrected chi connectivity index (χ3v) is 6.23. The van der Waals surface area contributed by atoms with Crippen LogP contribution in [0.5, 0.6) is 0 Å². The Balaban J connectivity index is 1.55. The molecule has 0 aliphatic rings. The summed E-state index contributed by atoms with van der Waals surface area (Å²) < 4.78 is 28.9. The number of rotatable bonds is 7. The maximum absolute atomic E-state index is 12.3. The van der Waals surface area contributed by atoms with E-state index in [0.717, 1.165) is 11.1 Å². The van der Waals surface area contributed by atoms with Gasteiger partial charge in [0.2, 0.25) is 5.91 Å². The highest BCUT2D eigenvalue weighted by atomic mass is 32.2. The van der Waals surface area contributed by atoms with Crippen LogP contribution in [0.3, 0.4) is 0 Å². The molecular formula is C23H26N2O4S. The van der Waals surface area contributed by atoms with Crippen LogP contribution < -0.4 is 5.32 Å². The van der Waals surface area contributed by atoms with Crippen LogP contribution in [0.25, 0.3) is 11.3 Å². The Hall–Kier alpha value is -2.93. The third kappa shape index (κ3) is 5.36. The monoisotopic (exact) mass is 426 g/mol. The highest BCUT2D eigenvalue weighted by Crippen LogP contribution is 2.23. The zero-order valence-corrected chi connectivity index (χ0v) is 18.4. The Morgan fingerprint density at radius 1 is 1.10 bits per heavy atom. The van der Waals surface area contributed by atoms with Gasteiger partial charge in [-0.1, -0.05) is 24.3 Å². The first-order valence-electron chi connectivity index (χ1n) is 9.75. The van der Waals surface area contributed by atoms with Crippen molar-refractivity contribution in [1.29, 1.82) is 0 Å². The molecule has 0 saturated carbocycles. The Kier molecular flexibility index (Phi) is 6.41. The largest absolute Gasteiger partial charge is 0.441 e. The van der Waals surface area contributed by atoms with Crippen LogP contribution in [0.1, 0.15) is 42.0 Å². The lowest BCUT2D eigenvalue weighted by molar-refractivity contribution is -0.121. The summed E-state index contributed by atoms with van der Waals surface area (Å²) >= 11 is 0. The first-order valence-corrected chi connectivity index (χ1v) is 11.6. The molecule has 1 atom stereocenters. The lowest BCUT2D eigenvalue weighted by atomic mass is 10.1. The van der Waals surface area contributed by atoms with E-state index < -0.39 is 9.84 Å². The fourth-order valence-corrected chi connectivity index (χ4v) is 3.71. The van der Waals surface area contributed by atoms with Gasteiger partial charge in [-0.25, -0.2) is 13.4 Å². The van der Waals surface area contributed by atoms with Gasteiger partial charge in [0, 0.05) is 24.7 Å². The fourth-order valence-electron chi connectivity index (χ4n) is 3.08. The van der Waals surface area contributed by atoms with E-state index >= 15 is 0 Å². The second-order valence-corrected chi connectivity index (χ2v) is 9.56. The molecule has 0 aliphatic carbocycles. The van der Waals surface area contributed by atoms with Gasteiger partial charge in [-0.2, -0.15) is 0 Å². The molecule has 7 heteroatoms. The summed E-state index contributed by atoms with van der Waals surface area (Å²) in [5, 5.41) is 2.92. The number of sulfone groups is 1. The van der Waals surface area contributed by atoms with E-state index in [1.165, 1.54) is 17.4 Å². The van der Waals surface area contributed by atoms with Gasteiger partial charge in [0.1, 0.15) is 0 Å². The predicted molar refractivity (Wildman–Crippen MR) is 116 cm³/mol. The number of oxazole rings is 1. The van der Waals surface area contributed by atoms with Gasteiger partial charge in [-0.15, -0.1) is 0 Å². The van der Waals surface area contributed by atoms with Crippen LogP contribution in [0.4, 0.5) is 0 Å². The number of carbonyl (C=O) groups is 1. The van der Waals surface area contributed by atoms with E-state index in [1.807, 2.05) is 19.1 Å². The summed E-state index contributed by atoms with van der Waals surface area (Å²) in [5.74, 6) is 1.08. The van der Waals surface area contributed by atoms with Crippen molar-refractivity contribution < 1.29 is 17.6 Å². The summed E-state index contributed by atoms with van der Waals surface area (Å²) in [7, 11) is -3.24. The minimum Gasteiger partial charge on any atom is -0.441 e. The molecule has 1 aromatic heterocycles. The molecule has 2 aromatic carbocycles. The second kappa shape index (κ2) is 8.83. The number of amides is 1. The number of benzene rings is 2. The molecule has 0 radical (unpaired) electrons. The smallest absolute Gasteiger partial charge is 0.220 e. The predicted octanol–water partition coefficient (Wildman–Crippen LogP) is 4.17. The number of hydrogen-bond acceptors (Lipinski definition) is 5. The maximum Gasteiger partial charge on any atom is 0.220 e. The zero-order valence-electron chi connectivity index (χ0n) is 17.6. The average Bonchev–Trinajstić information content (AvgIpc) is 3.17. The van der Waals surface area contributed by atoms with Crippen LogP contribution in [0.2, 0.25) is 0 Å². The standard InChI is InChI=1S/C23H26N2O4S/c1-15-5-6-19(13-16(15)2)21-14-24-23(29-21)12-11-22(26)25-17(3)18-7-9-20(10-8-18)30(4,27)28/h5-10,13-14,17H,11-12H2,1-4H3,(H,25,26)/t17-/m1/s1. The van der Waals surface area contributed by atoms with Gasteiger partial charge in [0.05, 0.1) is 17.1 Å². The number of aromatic nitrogens is 1. The van der Waals surface area contributed by atoms with Crippen molar-refractivity contribution in [1.82, 2.24) is 10.3 Å². The molecule has 0 aliphatic heterocycles. The Bertz CT molecular complexity index is 1150. The molecule has 3 aromatic rings. The lowest BCUT2D eigenvalue weighted by Gasteiger charge is -2.14. The molecule has 0 saturated heterocycles. The molecule has 1 N–H and O–H groups in total. The SMILES string of the molecule is Cc1ccc(-c2cnc(CCC(=O)N[C@H](C)c3ccc(S(C)(=O)=O)cc3)o2)cc1C. The van der Waals surface area contributed by atoms with Gasteiger partial charge in [-0.3, -0.25) is 4.79 Å². The van der Waals surface area contributed by atoms with Crippen LogP contribution in [-0.4, -0.2) is 25.6 Å². The van der Waals surface area contributed by atoms with Crippen molar-refractivity contribution in [2.24, 2.45) is 0 Å². The van der Waals surface area contributed by atoms with Crippen molar-refractivity contribution in [3.05, 3.63) is 71.2 Å². The average molecular weight is 427 g/mol. The summed E-state index contributed by atoms with van der Waals surface area (Å²) in [4.78, 5) is 16.8. The van der Waals surface area contributed by atoms with Gasteiger partial charge < -0.3 is 9.73 Å². The van der Waals surface area contributed by atoms with Crippen molar-refractivity contribution >= 4 is 15.7 Å². The molecule has 6 nitrogen and oxygen atoms in total. The van der Waals surface area contributed by atoms with Gasteiger partial charge in [-0.05, 0) is 55.7 Å². The molecule has 1 heterocycles. The van der Waals surface area contributed by atoms with E-state index in [9.17, 15) is 13.2 Å². The van der Waals surface area contributed by atoms with Crippen molar-refractivity contribution in [2.75, 3.05) is 6.26 Å². The number of hydrogen-bond donors (Lipinski definition) is 1. The summed E-state index contributed by atoms with van der Waals surface area (Å²) in [6.45, 7) is 5.97. The minimum absolute atomic E-state index is 0.124. The van der Waals surface area contributed by atoms with Gasteiger partial charge in [0.15, 0.2) is 21.5 Å². The second-order valence-electron chi connectivity index (χ2n) is 7.55. The van der Waals surface area contributed by atoms with Gasteiger partial charge in [0.25, 0.3) is 0 Å². The Morgan fingerprint density at radius 3 is 2.43 bits per heavy atom. The van der Waals surface area contributed by atoms with Crippen LogP contribution >= 0.6 is 0 Å². The topological polar surface area (TPSA) is 89.3 Å². The van der Waals surface area contributed by atoms with Gasteiger partial charge >= 0.3 is 0 Å². The summed E-state index contributed by atoms with van der Waals surface area (Å²) in [6, 6.07) is 12.4. The maximum atomic E-state index is 12.3. The quantitative estimate of drug-likeness (QED) is 0.612. The highest BCUT2D eigenvalue weighted by molar-refractivity contribution is 7.90. The summed E-state index contributed by atoms with van der Waals surface area (Å²) in [6.07, 6.45) is 3.50. The van der Waals surface area contributed by atoms with E-state index in [4.69, 9.17) is 4.42 Å². The van der Waals surface area contributed by atoms with Crippen molar-refractivity contribution in [2.45, 2.75) is 44.6 Å². The highest BCUT2D eigenvalue weighted by Gasteiger charge is 2.14. The normalized spacial score (nSPS) is 12.5. The molecule has 0 bridgehead atoms. The van der Waals surface area contributed by atoms with E-state index in [0.29, 0.717) is 18.1 Å². The number of nitrogens with one attached hydrogen (secondary N) is 1. The van der Waals surface area contributed by atoms with Crippen LogP contribution in [0, 0.1) is 13.8 Å².